The van der Waals surface area contributed by atoms with E-state index in [2.05, 4.69) is 9.95 Å². The smallest absolute Gasteiger partial charge is 0.325 e. The minimum Gasteiger partial charge on any atom is -0.481 e. The number of benzene rings is 2. The largest absolute Gasteiger partial charge is 0.481 e. The number of rotatable bonds is 12. The molecule has 210 valence electrons. The van der Waals surface area contributed by atoms with E-state index in [0.717, 1.165) is 10.6 Å². The first-order valence-corrected chi connectivity index (χ1v) is 13.0. The number of nitrogens with zero attached hydrogens (tertiary/aromatic N) is 5. The molecule has 0 bridgehead atoms. The van der Waals surface area contributed by atoms with Crippen LogP contribution in [0.2, 0.25) is 0 Å². The Labute approximate surface area is 232 Å². The van der Waals surface area contributed by atoms with E-state index in [1.54, 1.807) is 24.0 Å². The maximum absolute atomic E-state index is 14.0. The van der Waals surface area contributed by atoms with Crippen LogP contribution in [0.3, 0.4) is 0 Å². The van der Waals surface area contributed by atoms with Crippen LogP contribution in [0.4, 0.5) is 11.4 Å². The molecule has 0 saturated carbocycles. The van der Waals surface area contributed by atoms with Crippen LogP contribution >= 0.6 is 0 Å². The first kappa shape index (κ1) is 29.9. The third-order valence-corrected chi connectivity index (χ3v) is 6.59. The minimum absolute atomic E-state index is 0.131. The van der Waals surface area contributed by atoms with Gasteiger partial charge in [-0.25, -0.2) is 0 Å². The van der Waals surface area contributed by atoms with Gasteiger partial charge >= 0.3 is 12.2 Å². The molecule has 2 aromatic carbocycles. The molecule has 0 fully saturated rings. The topological polar surface area (TPSA) is 153 Å². The van der Waals surface area contributed by atoms with Crippen LogP contribution in [-0.2, 0) is 24.0 Å². The number of aliphatic carboxylic acids is 1. The lowest BCUT2D eigenvalue weighted by Gasteiger charge is -2.32. The fraction of sp³-hybridized carbons (Fsp3) is 0.379. The average Bonchev–Trinajstić information content (AvgIpc) is 3.44. The van der Waals surface area contributed by atoms with Gasteiger partial charge < -0.3 is 20.4 Å². The van der Waals surface area contributed by atoms with Gasteiger partial charge in [0.05, 0.1) is 12.3 Å². The quantitative estimate of drug-likeness (QED) is 0.243. The fourth-order valence-electron chi connectivity index (χ4n) is 4.85. The van der Waals surface area contributed by atoms with Crippen LogP contribution < -0.4 is 9.80 Å². The lowest BCUT2D eigenvalue weighted by molar-refractivity contribution is -0.139. The molecule has 1 N–H and O–H groups in total. The summed E-state index contributed by atoms with van der Waals surface area (Å²) >= 11 is 0. The Morgan fingerprint density at radius 3 is 2.40 bits per heavy atom. The number of oxime groups is 1. The van der Waals surface area contributed by atoms with Crippen molar-refractivity contribution in [3.05, 3.63) is 65.2 Å². The van der Waals surface area contributed by atoms with E-state index in [1.807, 2.05) is 57.2 Å². The number of carbonyl (C=O) groups excluding carboxylic acids is 3. The fourth-order valence-corrected chi connectivity index (χ4v) is 4.85. The zero-order valence-corrected chi connectivity index (χ0v) is 22.9. The number of hydrogen-bond acceptors (Lipinski definition) is 6. The highest BCUT2D eigenvalue weighted by Gasteiger charge is 2.39. The molecule has 1 unspecified atom stereocenters. The first-order chi connectivity index (χ1) is 19.1. The summed E-state index contributed by atoms with van der Waals surface area (Å²) in [6, 6.07) is 12.9. The lowest BCUT2D eigenvalue weighted by Crippen LogP contribution is -2.51. The van der Waals surface area contributed by atoms with E-state index in [1.165, 1.54) is 6.21 Å². The maximum Gasteiger partial charge on any atom is 0.325 e. The second kappa shape index (κ2) is 13.4. The number of para-hydroxylation sites is 1. The zero-order chi connectivity index (χ0) is 29.4. The SMILES string of the molecule is CCN(C(=O)[C@H](c1cc(C)cc(N(C(=O)C2CC=NO2)[C@@H](CC(=O)O)C(=O)C=[N+]=[N-])c1)C(C)C)c1ccccc1. The molecule has 2 aromatic rings. The second-order valence-corrected chi connectivity index (χ2v) is 9.83. The molecule has 0 aromatic heterocycles. The van der Waals surface area contributed by atoms with Crippen LogP contribution in [0.15, 0.2) is 53.7 Å². The number of carboxylic acid groups (broad SMARTS) is 1. The van der Waals surface area contributed by atoms with Gasteiger partial charge in [-0.3, -0.25) is 24.1 Å². The van der Waals surface area contributed by atoms with Crippen molar-refractivity contribution < 1.29 is 33.9 Å². The van der Waals surface area contributed by atoms with Gasteiger partial charge in [-0.1, -0.05) is 43.3 Å². The van der Waals surface area contributed by atoms with Gasteiger partial charge in [-0.15, -0.1) is 0 Å². The number of carboxylic acids is 1. The Bertz CT molecular complexity index is 1330. The summed E-state index contributed by atoms with van der Waals surface area (Å²) in [4.78, 5) is 63.0. The molecule has 1 aliphatic heterocycles. The summed E-state index contributed by atoms with van der Waals surface area (Å²) in [6.45, 7) is 7.95. The first-order valence-electron chi connectivity index (χ1n) is 13.0. The van der Waals surface area contributed by atoms with Crippen LogP contribution in [0.25, 0.3) is 5.53 Å². The third kappa shape index (κ3) is 6.86. The minimum atomic E-state index is -1.54. The normalized spacial score (nSPS) is 15.5. The van der Waals surface area contributed by atoms with Crippen LogP contribution in [0.1, 0.15) is 50.7 Å². The van der Waals surface area contributed by atoms with E-state index in [9.17, 15) is 24.3 Å². The summed E-state index contributed by atoms with van der Waals surface area (Å²) in [5.41, 5.74) is 11.2. The molecule has 1 heterocycles. The predicted octanol–water partition coefficient (Wildman–Crippen LogP) is 3.61. The summed E-state index contributed by atoms with van der Waals surface area (Å²) in [5, 5.41) is 13.2. The molecular weight excluding hydrogens is 514 g/mol. The Balaban J connectivity index is 2.16. The third-order valence-electron chi connectivity index (χ3n) is 6.59. The highest BCUT2D eigenvalue weighted by atomic mass is 16.6. The molecule has 11 nitrogen and oxygen atoms in total. The van der Waals surface area contributed by atoms with Crippen molar-refractivity contribution in [2.45, 2.75) is 58.6 Å². The van der Waals surface area contributed by atoms with Gasteiger partial charge in [0.2, 0.25) is 12.0 Å². The van der Waals surface area contributed by atoms with Gasteiger partial charge in [0.15, 0.2) is 0 Å². The van der Waals surface area contributed by atoms with Gasteiger partial charge in [-0.2, -0.15) is 4.79 Å². The monoisotopic (exact) mass is 547 g/mol. The number of carbonyl (C=O) groups is 4. The Morgan fingerprint density at radius 2 is 1.85 bits per heavy atom. The van der Waals surface area contributed by atoms with E-state index in [4.69, 9.17) is 10.4 Å². The highest BCUT2D eigenvalue weighted by Crippen LogP contribution is 2.34. The van der Waals surface area contributed by atoms with Crippen LogP contribution in [0, 0.1) is 12.8 Å². The van der Waals surface area contributed by atoms with E-state index in [-0.39, 0.29) is 23.9 Å². The van der Waals surface area contributed by atoms with E-state index < -0.39 is 42.1 Å². The summed E-state index contributed by atoms with van der Waals surface area (Å²) in [5.74, 6) is -3.82. The number of aryl methyl sites for hydroxylation is 1. The molecule has 3 rings (SSSR count). The lowest BCUT2D eigenvalue weighted by atomic mass is 9.85. The molecule has 0 radical (unpaired) electrons. The number of likely N-dealkylation sites (N-methyl/N-ethyl adjacent to an activating group) is 1. The Kier molecular flexibility index (Phi) is 10.1. The van der Waals surface area contributed by atoms with Crippen molar-refractivity contribution in [1.29, 1.82) is 0 Å². The molecule has 0 saturated heterocycles. The summed E-state index contributed by atoms with van der Waals surface area (Å²) in [7, 11) is 0. The maximum atomic E-state index is 14.0. The summed E-state index contributed by atoms with van der Waals surface area (Å²) < 4.78 is 0. The van der Waals surface area contributed by atoms with Gasteiger partial charge in [0.25, 0.3) is 11.7 Å². The number of amides is 2. The number of hydrogen-bond donors (Lipinski definition) is 1. The molecule has 0 spiro atoms. The highest BCUT2D eigenvalue weighted by molar-refractivity contribution is 6.30. The summed E-state index contributed by atoms with van der Waals surface area (Å²) in [6.07, 6.45) is 0.275. The zero-order valence-electron chi connectivity index (χ0n) is 22.9. The molecule has 3 atom stereocenters. The van der Waals surface area contributed by atoms with Crippen molar-refractivity contribution in [3.63, 3.8) is 0 Å². The Hall–Kier alpha value is -4.63. The van der Waals surface area contributed by atoms with Gasteiger partial charge in [0.1, 0.15) is 6.04 Å². The molecule has 2 amide bonds. The molecular formula is C29H33N5O6. The number of ketones is 1. The predicted molar refractivity (Wildman–Crippen MR) is 149 cm³/mol. The van der Waals surface area contributed by atoms with Gasteiger partial charge in [-0.05, 0) is 55.2 Å². The second-order valence-electron chi connectivity index (χ2n) is 9.83. The van der Waals surface area contributed by atoms with Gasteiger partial charge in [0, 0.05) is 30.6 Å². The van der Waals surface area contributed by atoms with Crippen molar-refractivity contribution in [2.75, 3.05) is 16.3 Å². The van der Waals surface area contributed by atoms with Crippen molar-refractivity contribution in [3.8, 4) is 0 Å². The van der Waals surface area contributed by atoms with E-state index >= 15 is 0 Å². The van der Waals surface area contributed by atoms with E-state index in [0.29, 0.717) is 23.9 Å². The molecule has 40 heavy (non-hydrogen) atoms. The van der Waals surface area contributed by atoms with Crippen molar-refractivity contribution in [2.24, 2.45) is 11.1 Å². The molecule has 11 heteroatoms. The number of Topliss-reactive ketones (excluding diaryl/α,β-unsaturated/α-hetero) is 1. The van der Waals surface area contributed by atoms with Crippen LogP contribution in [0.5, 0.6) is 0 Å². The average molecular weight is 548 g/mol. The van der Waals surface area contributed by atoms with Crippen LogP contribution in [-0.4, -0.2) is 64.6 Å². The Morgan fingerprint density at radius 1 is 1.15 bits per heavy atom. The van der Waals surface area contributed by atoms with Crippen molar-refractivity contribution >= 4 is 47.4 Å². The number of anilines is 2. The molecule has 0 aliphatic carbocycles. The van der Waals surface area contributed by atoms with Crippen molar-refractivity contribution in [1.82, 2.24) is 0 Å². The standard InChI is InChI=1S/C29H33N5O6/c1-5-33(21-9-7-6-8-10-21)29(39)27(18(2)3)20-13-19(4)14-22(15-20)34(28(38)25-11-12-32-40-25)23(16-26(36)37)24(35)17-31-30/h6-10,12-15,17-18,23,25,27H,5,11,16H2,1-4H3,(H,36,37)/t23-,25?,27-/m0/s1. The molecule has 1 aliphatic rings.